The first kappa shape index (κ1) is 20.5. The first-order chi connectivity index (χ1) is 16.7. The molecule has 2 saturated carbocycles. The Balaban J connectivity index is 1.18. The molecule has 1 atom stereocenters. The van der Waals surface area contributed by atoms with Crippen LogP contribution in [0.15, 0.2) is 43.0 Å². The maximum absolute atomic E-state index is 13.4. The number of carbonyl (C=O) groups excluding carboxylic acids is 1. The van der Waals surface area contributed by atoms with E-state index < -0.39 is 17.0 Å². The number of nitrogens with zero attached hydrogens (tertiary/aromatic N) is 5. The van der Waals surface area contributed by atoms with Gasteiger partial charge in [0, 0.05) is 18.0 Å². The fraction of sp³-hybridized carbons (Fsp3) is 0.333. The summed E-state index contributed by atoms with van der Waals surface area (Å²) in [6, 6.07) is 6.51. The highest BCUT2D eigenvalue weighted by molar-refractivity contribution is 5.96. The van der Waals surface area contributed by atoms with Crippen molar-refractivity contribution in [3.8, 4) is 5.75 Å². The number of likely N-dealkylation sites (N-methyl/N-ethyl adjacent to an activating group) is 1. The largest absolute Gasteiger partial charge is 0.491 e. The number of anilines is 1. The minimum atomic E-state index is -4.18. The molecular formula is C24H19F3N6O2. The highest BCUT2D eigenvalue weighted by Crippen LogP contribution is 2.90. The Bertz CT molecular complexity index is 1570. The van der Waals surface area contributed by atoms with Crippen LogP contribution in [0.2, 0.25) is 0 Å². The fourth-order valence-electron chi connectivity index (χ4n) is 5.67. The standard InChI is InChI=1S/C24H19F3N6O2/c1-32(21(34)14-5-16-15(6-30-14)31-20(28)17-7-29-11-33(16)17)18-8-35-19-4-12(2-3-13(18)19)22-9-23(22,10-22)24(25,26)27/h2-7,11,18H,8-10H2,1H3,(H2,28,31)/t18-,22?,23?/m1/s1. The number of amides is 1. The number of aromatic nitrogens is 4. The molecule has 3 aliphatic rings. The van der Waals surface area contributed by atoms with Crippen molar-refractivity contribution in [2.75, 3.05) is 19.4 Å². The van der Waals surface area contributed by atoms with Crippen LogP contribution in [-0.4, -0.2) is 50.0 Å². The molecule has 0 spiro atoms. The third-order valence-corrected chi connectivity index (χ3v) is 8.01. The minimum Gasteiger partial charge on any atom is -0.491 e. The van der Waals surface area contributed by atoms with E-state index in [2.05, 4.69) is 15.0 Å². The quantitative estimate of drug-likeness (QED) is 0.481. The second-order valence-electron chi connectivity index (χ2n) is 9.72. The number of hydrogen-bond donors (Lipinski definition) is 1. The highest BCUT2D eigenvalue weighted by atomic mass is 19.4. The summed E-state index contributed by atoms with van der Waals surface area (Å²) in [5.74, 6) is 0.528. The van der Waals surface area contributed by atoms with Gasteiger partial charge in [-0.2, -0.15) is 13.2 Å². The maximum atomic E-state index is 13.4. The summed E-state index contributed by atoms with van der Waals surface area (Å²) in [5, 5.41) is 0. The van der Waals surface area contributed by atoms with Gasteiger partial charge < -0.3 is 15.4 Å². The van der Waals surface area contributed by atoms with Crippen molar-refractivity contribution in [3.63, 3.8) is 0 Å². The van der Waals surface area contributed by atoms with Crippen molar-refractivity contribution < 1.29 is 22.7 Å². The van der Waals surface area contributed by atoms with E-state index in [0.717, 1.165) is 5.56 Å². The SMILES string of the molecule is CN(C(=O)c1cc2c(cn1)nc(N)c1cncn12)[C@@H]1COc2cc(C34CC3(C(F)(F)F)C4)ccc21. The number of benzene rings is 1. The summed E-state index contributed by atoms with van der Waals surface area (Å²) in [4.78, 5) is 27.6. The topological polar surface area (TPSA) is 98.6 Å². The predicted octanol–water partition coefficient (Wildman–Crippen LogP) is 3.66. The van der Waals surface area contributed by atoms with Crippen LogP contribution in [0.4, 0.5) is 19.0 Å². The molecule has 1 amide bonds. The number of halogens is 3. The molecule has 2 aliphatic carbocycles. The molecule has 0 saturated heterocycles. The van der Waals surface area contributed by atoms with E-state index in [0.29, 0.717) is 33.7 Å². The number of pyridine rings is 1. The summed E-state index contributed by atoms with van der Waals surface area (Å²) in [6.07, 6.45) is 0.788. The molecule has 35 heavy (non-hydrogen) atoms. The number of ether oxygens (including phenoxy) is 1. The lowest BCUT2D eigenvalue weighted by Gasteiger charge is -2.23. The normalized spacial score (nSPS) is 26.3. The van der Waals surface area contributed by atoms with Gasteiger partial charge in [-0.25, -0.2) is 15.0 Å². The van der Waals surface area contributed by atoms with E-state index in [1.165, 1.54) is 6.20 Å². The summed E-state index contributed by atoms with van der Waals surface area (Å²) in [7, 11) is 1.66. The minimum absolute atomic E-state index is 0.141. The molecule has 0 radical (unpaired) electrons. The van der Waals surface area contributed by atoms with Gasteiger partial charge >= 0.3 is 6.18 Å². The Morgan fingerprint density at radius 1 is 1.23 bits per heavy atom. The molecule has 2 fully saturated rings. The van der Waals surface area contributed by atoms with Crippen LogP contribution in [0.3, 0.4) is 0 Å². The summed E-state index contributed by atoms with van der Waals surface area (Å²) in [5.41, 5.74) is 7.08. The summed E-state index contributed by atoms with van der Waals surface area (Å²) in [6.45, 7) is 0.218. The Labute approximate surface area is 196 Å². The van der Waals surface area contributed by atoms with Crippen LogP contribution in [0.5, 0.6) is 5.75 Å². The van der Waals surface area contributed by atoms with Crippen molar-refractivity contribution in [2.45, 2.75) is 30.5 Å². The average Bonchev–Trinajstić information content (AvgIpc) is 3.47. The highest BCUT2D eigenvalue weighted by Gasteiger charge is 2.93. The third-order valence-electron chi connectivity index (χ3n) is 8.01. The van der Waals surface area contributed by atoms with Gasteiger partial charge in [-0.15, -0.1) is 0 Å². The molecular weight excluding hydrogens is 461 g/mol. The molecule has 7 rings (SSSR count). The number of fused-ring (bicyclic) bond motifs is 5. The zero-order valence-corrected chi connectivity index (χ0v) is 18.5. The summed E-state index contributed by atoms with van der Waals surface area (Å²) < 4.78 is 47.7. The van der Waals surface area contributed by atoms with Gasteiger partial charge in [0.25, 0.3) is 5.91 Å². The molecule has 4 aromatic rings. The fourth-order valence-corrected chi connectivity index (χ4v) is 5.67. The molecule has 8 nitrogen and oxygen atoms in total. The predicted molar refractivity (Wildman–Crippen MR) is 119 cm³/mol. The lowest BCUT2D eigenvalue weighted by molar-refractivity contribution is -0.167. The van der Waals surface area contributed by atoms with Crippen LogP contribution in [0.25, 0.3) is 16.6 Å². The zero-order chi connectivity index (χ0) is 24.3. The molecule has 3 aromatic heterocycles. The molecule has 178 valence electrons. The van der Waals surface area contributed by atoms with E-state index in [1.807, 2.05) is 0 Å². The first-order valence-corrected chi connectivity index (χ1v) is 11.1. The van der Waals surface area contributed by atoms with Crippen molar-refractivity contribution in [1.82, 2.24) is 24.3 Å². The van der Waals surface area contributed by atoms with Crippen molar-refractivity contribution in [2.24, 2.45) is 5.41 Å². The van der Waals surface area contributed by atoms with Crippen LogP contribution >= 0.6 is 0 Å². The van der Waals surface area contributed by atoms with Gasteiger partial charge in [0.1, 0.15) is 34.9 Å². The second-order valence-corrected chi connectivity index (χ2v) is 9.72. The summed E-state index contributed by atoms with van der Waals surface area (Å²) >= 11 is 0. The first-order valence-electron chi connectivity index (χ1n) is 11.1. The van der Waals surface area contributed by atoms with Crippen LogP contribution in [-0.2, 0) is 5.41 Å². The number of carbonyl (C=O) groups is 1. The maximum Gasteiger partial charge on any atom is 0.395 e. The van der Waals surface area contributed by atoms with Crippen LogP contribution < -0.4 is 10.5 Å². The Kier molecular flexibility index (Phi) is 3.63. The Morgan fingerprint density at radius 3 is 2.77 bits per heavy atom. The number of nitrogens with two attached hydrogens (primary N) is 1. The van der Waals surface area contributed by atoms with Crippen molar-refractivity contribution >= 4 is 28.3 Å². The van der Waals surface area contributed by atoms with Crippen molar-refractivity contribution in [3.05, 3.63) is 59.8 Å². The van der Waals surface area contributed by atoms with Gasteiger partial charge in [0.2, 0.25) is 0 Å². The molecule has 11 heteroatoms. The monoisotopic (exact) mass is 480 g/mol. The third kappa shape index (κ3) is 2.52. The molecule has 4 heterocycles. The smallest absolute Gasteiger partial charge is 0.395 e. The number of hydrogen-bond acceptors (Lipinski definition) is 6. The number of imidazole rings is 1. The molecule has 1 aliphatic heterocycles. The molecule has 2 N–H and O–H groups in total. The Morgan fingerprint density at radius 2 is 2.03 bits per heavy atom. The average molecular weight is 480 g/mol. The van der Waals surface area contributed by atoms with E-state index in [9.17, 15) is 18.0 Å². The molecule has 1 aromatic carbocycles. The van der Waals surface area contributed by atoms with E-state index in [4.69, 9.17) is 10.5 Å². The van der Waals surface area contributed by atoms with E-state index in [-0.39, 0.29) is 37.1 Å². The van der Waals surface area contributed by atoms with E-state index in [1.54, 1.807) is 53.1 Å². The lowest BCUT2D eigenvalue weighted by Crippen LogP contribution is -2.32. The van der Waals surface area contributed by atoms with Crippen LogP contribution in [0, 0.1) is 5.41 Å². The van der Waals surface area contributed by atoms with Crippen molar-refractivity contribution in [1.29, 1.82) is 0 Å². The van der Waals surface area contributed by atoms with Gasteiger partial charge in [0.05, 0.1) is 35.7 Å². The Hall–Kier alpha value is -3.89. The number of rotatable bonds is 3. The second kappa shape index (κ2) is 6.21. The number of nitrogen functional groups attached to an aromatic ring is 1. The number of alkyl halides is 3. The van der Waals surface area contributed by atoms with Gasteiger partial charge in [-0.3, -0.25) is 9.20 Å². The zero-order valence-electron chi connectivity index (χ0n) is 18.5. The lowest BCUT2D eigenvalue weighted by atomic mass is 9.99. The van der Waals surface area contributed by atoms with Crippen LogP contribution in [0.1, 0.15) is 40.5 Å². The molecule has 0 unspecified atom stereocenters. The van der Waals surface area contributed by atoms with Gasteiger partial charge in [-0.05, 0) is 30.5 Å². The van der Waals surface area contributed by atoms with E-state index >= 15 is 0 Å². The molecule has 0 bridgehead atoms. The van der Waals surface area contributed by atoms with Gasteiger partial charge in [-0.1, -0.05) is 12.1 Å². The van der Waals surface area contributed by atoms with Gasteiger partial charge in [0.15, 0.2) is 0 Å².